The molecule has 1 aromatic carbocycles. The van der Waals surface area contributed by atoms with Gasteiger partial charge in [0.2, 0.25) is 0 Å². The maximum Gasteiger partial charge on any atom is 0.265 e. The van der Waals surface area contributed by atoms with Crippen LogP contribution < -0.4 is 10.6 Å². The molecule has 1 fully saturated rings. The van der Waals surface area contributed by atoms with Crippen molar-refractivity contribution in [2.75, 3.05) is 16.8 Å². The molecule has 126 valence electrons. The summed E-state index contributed by atoms with van der Waals surface area (Å²) in [4.78, 5) is 25.2. The summed E-state index contributed by atoms with van der Waals surface area (Å²) >= 11 is 1.31. The Morgan fingerprint density at radius 1 is 1.08 bits per heavy atom. The average molecular weight is 364 g/mol. The van der Waals surface area contributed by atoms with Gasteiger partial charge in [-0.05, 0) is 30.0 Å². The Balaban J connectivity index is 1.74. The van der Waals surface area contributed by atoms with E-state index in [9.17, 15) is 18.0 Å². The van der Waals surface area contributed by atoms with Crippen LogP contribution in [0.4, 0.5) is 5.69 Å². The molecule has 2 amide bonds. The van der Waals surface area contributed by atoms with Crippen molar-refractivity contribution in [3.05, 3.63) is 52.2 Å². The molecule has 0 aliphatic carbocycles. The normalized spacial score (nSPS) is 18.9. The largest absolute Gasteiger partial charge is 0.348 e. The molecule has 2 heterocycles. The van der Waals surface area contributed by atoms with Gasteiger partial charge in [-0.15, -0.1) is 11.3 Å². The summed E-state index contributed by atoms with van der Waals surface area (Å²) in [6, 6.07) is 9.75. The predicted octanol–water partition coefficient (Wildman–Crippen LogP) is 1.92. The third-order valence-electron chi connectivity index (χ3n) is 3.73. The maximum absolute atomic E-state index is 12.4. The van der Waals surface area contributed by atoms with Crippen molar-refractivity contribution < 1.29 is 18.0 Å². The monoisotopic (exact) mass is 364 g/mol. The van der Waals surface area contributed by atoms with Crippen molar-refractivity contribution in [3.63, 3.8) is 0 Å². The third-order valence-corrected chi connectivity index (χ3v) is 6.37. The zero-order chi connectivity index (χ0) is 17.2. The number of hydrogen-bond donors (Lipinski definition) is 2. The lowest BCUT2D eigenvalue weighted by Crippen LogP contribution is -2.36. The summed E-state index contributed by atoms with van der Waals surface area (Å²) < 4.78 is 23.0. The van der Waals surface area contributed by atoms with Gasteiger partial charge in [0.1, 0.15) is 0 Å². The van der Waals surface area contributed by atoms with Crippen molar-refractivity contribution in [1.29, 1.82) is 0 Å². The summed E-state index contributed by atoms with van der Waals surface area (Å²) in [6.45, 7) is 0. The maximum atomic E-state index is 12.4. The molecule has 0 bridgehead atoms. The molecule has 1 atom stereocenters. The van der Waals surface area contributed by atoms with E-state index >= 15 is 0 Å². The lowest BCUT2D eigenvalue weighted by molar-refractivity contribution is 0.0942. The van der Waals surface area contributed by atoms with Gasteiger partial charge in [0.25, 0.3) is 11.8 Å². The molecule has 6 nitrogen and oxygen atoms in total. The number of hydrogen-bond acceptors (Lipinski definition) is 5. The summed E-state index contributed by atoms with van der Waals surface area (Å²) in [5.41, 5.74) is 0.709. The molecule has 0 spiro atoms. The Hall–Kier alpha value is -2.19. The number of rotatable bonds is 4. The molecule has 1 aliphatic heterocycles. The molecule has 1 aromatic heterocycles. The first-order valence-corrected chi connectivity index (χ1v) is 10.1. The van der Waals surface area contributed by atoms with Crippen molar-refractivity contribution in [3.8, 4) is 0 Å². The van der Waals surface area contributed by atoms with E-state index < -0.39 is 9.84 Å². The van der Waals surface area contributed by atoms with Crippen LogP contribution in [-0.2, 0) is 9.84 Å². The van der Waals surface area contributed by atoms with Crippen LogP contribution in [-0.4, -0.2) is 37.8 Å². The van der Waals surface area contributed by atoms with Gasteiger partial charge in [0.15, 0.2) is 9.84 Å². The molecule has 2 N–H and O–H groups in total. The van der Waals surface area contributed by atoms with Crippen LogP contribution in [0.2, 0.25) is 0 Å². The first-order valence-electron chi connectivity index (χ1n) is 7.40. The second-order valence-electron chi connectivity index (χ2n) is 5.55. The van der Waals surface area contributed by atoms with E-state index in [2.05, 4.69) is 10.6 Å². The number of carbonyl (C=O) groups excluding carboxylic acids is 2. The van der Waals surface area contributed by atoms with Crippen LogP contribution in [0.25, 0.3) is 0 Å². The summed E-state index contributed by atoms with van der Waals surface area (Å²) in [5.74, 6) is -0.621. The van der Waals surface area contributed by atoms with E-state index in [1.54, 1.807) is 41.8 Å². The zero-order valence-corrected chi connectivity index (χ0v) is 14.3. The average Bonchev–Trinajstić information content (AvgIpc) is 3.17. The number of benzene rings is 1. The van der Waals surface area contributed by atoms with Crippen molar-refractivity contribution in [1.82, 2.24) is 5.32 Å². The number of carbonyl (C=O) groups is 2. The highest BCUT2D eigenvalue weighted by Crippen LogP contribution is 2.19. The lowest BCUT2D eigenvalue weighted by atomic mass is 10.1. The fourth-order valence-corrected chi connectivity index (χ4v) is 4.85. The summed E-state index contributed by atoms with van der Waals surface area (Å²) in [5, 5.41) is 7.26. The SMILES string of the molecule is O=C(Nc1ccccc1C(=O)N[C@@H]1CCS(=O)(=O)C1)c1cccs1. The number of sulfone groups is 1. The first-order chi connectivity index (χ1) is 11.4. The van der Waals surface area contributed by atoms with Gasteiger partial charge in [-0.1, -0.05) is 18.2 Å². The molecule has 0 radical (unpaired) electrons. The molecule has 24 heavy (non-hydrogen) atoms. The Kier molecular flexibility index (Phi) is 4.68. The molecule has 1 aliphatic rings. The Labute approximate surface area is 143 Å². The lowest BCUT2D eigenvalue weighted by Gasteiger charge is -2.14. The van der Waals surface area contributed by atoms with Gasteiger partial charge in [0.05, 0.1) is 27.6 Å². The Morgan fingerprint density at radius 2 is 1.88 bits per heavy atom. The second kappa shape index (κ2) is 6.74. The van der Waals surface area contributed by atoms with Gasteiger partial charge >= 0.3 is 0 Å². The van der Waals surface area contributed by atoms with E-state index in [0.29, 0.717) is 22.5 Å². The minimum Gasteiger partial charge on any atom is -0.348 e. The van der Waals surface area contributed by atoms with Gasteiger partial charge in [0, 0.05) is 6.04 Å². The molecule has 8 heteroatoms. The minimum atomic E-state index is -3.07. The number of thiophene rings is 1. The van der Waals surface area contributed by atoms with Crippen LogP contribution in [0.5, 0.6) is 0 Å². The quantitative estimate of drug-likeness (QED) is 0.867. The highest BCUT2D eigenvalue weighted by molar-refractivity contribution is 7.91. The molecule has 2 aromatic rings. The fraction of sp³-hybridized carbons (Fsp3) is 0.250. The van der Waals surface area contributed by atoms with Crippen LogP contribution in [0.1, 0.15) is 26.5 Å². The Bertz CT molecular complexity index is 860. The predicted molar refractivity (Wildman–Crippen MR) is 93.2 cm³/mol. The van der Waals surface area contributed by atoms with E-state index in [0.717, 1.165) is 0 Å². The van der Waals surface area contributed by atoms with E-state index in [-0.39, 0.29) is 29.4 Å². The number of nitrogens with one attached hydrogen (secondary N) is 2. The summed E-state index contributed by atoms with van der Waals surface area (Å²) in [6.07, 6.45) is 0.414. The van der Waals surface area contributed by atoms with Crippen LogP contribution in [0.15, 0.2) is 41.8 Å². The van der Waals surface area contributed by atoms with Crippen LogP contribution >= 0.6 is 11.3 Å². The molecular formula is C16H16N2O4S2. The number of amides is 2. The highest BCUT2D eigenvalue weighted by Gasteiger charge is 2.29. The zero-order valence-electron chi connectivity index (χ0n) is 12.7. The molecular weight excluding hydrogens is 348 g/mol. The fourth-order valence-electron chi connectivity index (χ4n) is 2.55. The third kappa shape index (κ3) is 3.82. The second-order valence-corrected chi connectivity index (χ2v) is 8.73. The molecule has 1 saturated heterocycles. The van der Waals surface area contributed by atoms with Crippen LogP contribution in [0, 0.1) is 0 Å². The van der Waals surface area contributed by atoms with Crippen molar-refractivity contribution >= 4 is 38.7 Å². The van der Waals surface area contributed by atoms with Gasteiger partial charge in [-0.3, -0.25) is 9.59 Å². The van der Waals surface area contributed by atoms with E-state index in [4.69, 9.17) is 0 Å². The standard InChI is InChI=1S/C16H16N2O4S2/c19-15(17-11-7-9-24(21,22)10-11)12-4-1-2-5-13(12)18-16(20)14-6-3-8-23-14/h1-6,8,11H,7,9-10H2,(H,17,19)(H,18,20)/t11-/m1/s1. The number of para-hydroxylation sites is 1. The minimum absolute atomic E-state index is 0.0392. The van der Waals surface area contributed by atoms with Crippen molar-refractivity contribution in [2.45, 2.75) is 12.5 Å². The smallest absolute Gasteiger partial charge is 0.265 e. The first kappa shape index (κ1) is 16.7. The molecule has 0 saturated carbocycles. The van der Waals surface area contributed by atoms with Gasteiger partial charge < -0.3 is 10.6 Å². The molecule has 3 rings (SSSR count). The molecule has 0 unspecified atom stereocenters. The summed E-state index contributed by atoms with van der Waals surface area (Å²) in [7, 11) is -3.07. The van der Waals surface area contributed by atoms with Gasteiger partial charge in [-0.2, -0.15) is 0 Å². The van der Waals surface area contributed by atoms with Crippen LogP contribution in [0.3, 0.4) is 0 Å². The Morgan fingerprint density at radius 3 is 2.54 bits per heavy atom. The van der Waals surface area contributed by atoms with Crippen molar-refractivity contribution in [2.24, 2.45) is 0 Å². The number of anilines is 1. The van der Waals surface area contributed by atoms with Gasteiger partial charge in [-0.25, -0.2) is 8.42 Å². The van der Waals surface area contributed by atoms with E-state index in [1.165, 1.54) is 11.3 Å². The van der Waals surface area contributed by atoms with E-state index in [1.807, 2.05) is 0 Å². The highest BCUT2D eigenvalue weighted by atomic mass is 32.2. The topological polar surface area (TPSA) is 92.3 Å².